The number of halogens is 3. The molecular weight excluding hydrogens is 339 g/mol. The Morgan fingerprint density at radius 2 is 1.92 bits per heavy atom. The third kappa shape index (κ3) is 4.52. The molecule has 25 heavy (non-hydrogen) atoms. The Morgan fingerprint density at radius 1 is 1.28 bits per heavy atom. The largest absolute Gasteiger partial charge is 0.481 e. The molecule has 1 aromatic rings. The van der Waals surface area contributed by atoms with Crippen LogP contribution in [-0.4, -0.2) is 50.4 Å². The van der Waals surface area contributed by atoms with Crippen molar-refractivity contribution in [2.45, 2.75) is 58.8 Å². The normalized spacial score (nSPS) is 21.4. The maximum atomic E-state index is 12.6. The topological polar surface area (TPSA) is 75.4 Å². The lowest BCUT2D eigenvalue weighted by molar-refractivity contribution is -0.147. The number of carbonyl (C=O) groups is 2. The van der Waals surface area contributed by atoms with Crippen molar-refractivity contribution in [2.75, 3.05) is 6.54 Å². The van der Waals surface area contributed by atoms with Gasteiger partial charge in [0.05, 0.1) is 18.0 Å². The predicted octanol–water partition coefficient (Wildman–Crippen LogP) is 2.32. The van der Waals surface area contributed by atoms with Gasteiger partial charge in [0.2, 0.25) is 5.91 Å². The van der Waals surface area contributed by atoms with Gasteiger partial charge in [-0.2, -0.15) is 18.3 Å². The number of aromatic nitrogens is 2. The summed E-state index contributed by atoms with van der Waals surface area (Å²) in [6.07, 6.45) is -3.36. The average molecular weight is 361 g/mol. The first-order valence-corrected chi connectivity index (χ1v) is 8.11. The smallest absolute Gasteiger partial charge is 0.408 e. The average Bonchev–Trinajstić information content (AvgIpc) is 2.73. The van der Waals surface area contributed by atoms with Crippen LogP contribution in [0.2, 0.25) is 0 Å². The van der Waals surface area contributed by atoms with Crippen molar-refractivity contribution in [2.24, 2.45) is 5.92 Å². The van der Waals surface area contributed by atoms with Gasteiger partial charge in [0.25, 0.3) is 0 Å². The van der Waals surface area contributed by atoms with Crippen LogP contribution in [0, 0.1) is 19.8 Å². The minimum Gasteiger partial charge on any atom is -0.481 e. The summed E-state index contributed by atoms with van der Waals surface area (Å²) in [5.41, 5.74) is 1.16. The summed E-state index contributed by atoms with van der Waals surface area (Å²) in [6, 6.07) is -0.0890. The lowest BCUT2D eigenvalue weighted by Crippen LogP contribution is -2.48. The van der Waals surface area contributed by atoms with E-state index in [9.17, 15) is 22.8 Å². The van der Waals surface area contributed by atoms with E-state index in [1.807, 2.05) is 6.92 Å². The molecule has 1 aliphatic rings. The second kappa shape index (κ2) is 7.05. The maximum Gasteiger partial charge on any atom is 0.408 e. The number of rotatable bonds is 4. The molecule has 1 fully saturated rings. The Labute approximate surface area is 143 Å². The van der Waals surface area contributed by atoms with Crippen LogP contribution in [0.5, 0.6) is 0 Å². The molecule has 0 radical (unpaired) electrons. The number of aliphatic carboxylic acids is 1. The van der Waals surface area contributed by atoms with E-state index < -0.39 is 24.6 Å². The molecule has 0 aliphatic carbocycles. The van der Waals surface area contributed by atoms with E-state index in [-0.39, 0.29) is 24.9 Å². The van der Waals surface area contributed by atoms with E-state index in [1.165, 1.54) is 11.8 Å². The molecule has 0 aromatic carbocycles. The monoisotopic (exact) mass is 361 g/mol. The van der Waals surface area contributed by atoms with Gasteiger partial charge in [-0.1, -0.05) is 0 Å². The van der Waals surface area contributed by atoms with Crippen molar-refractivity contribution in [1.82, 2.24) is 14.7 Å². The van der Waals surface area contributed by atoms with Crippen LogP contribution in [0.25, 0.3) is 0 Å². The third-order valence-corrected chi connectivity index (χ3v) is 4.74. The van der Waals surface area contributed by atoms with Crippen LogP contribution in [-0.2, 0) is 22.6 Å². The molecule has 1 aliphatic heterocycles. The Hall–Kier alpha value is -2.06. The molecule has 9 heteroatoms. The molecule has 0 bridgehead atoms. The van der Waals surface area contributed by atoms with Crippen molar-refractivity contribution in [3.05, 3.63) is 17.0 Å². The lowest BCUT2D eigenvalue weighted by atomic mass is 9.93. The summed E-state index contributed by atoms with van der Waals surface area (Å²) in [4.78, 5) is 25.3. The Bertz CT molecular complexity index is 670. The van der Waals surface area contributed by atoms with Gasteiger partial charge in [0, 0.05) is 23.8 Å². The molecule has 1 N–H and O–H groups in total. The number of carboxylic acid groups (broad SMARTS) is 1. The summed E-state index contributed by atoms with van der Waals surface area (Å²) in [7, 11) is 0. The van der Waals surface area contributed by atoms with E-state index in [0.717, 1.165) is 4.68 Å². The molecule has 6 nitrogen and oxygen atoms in total. The number of nitrogens with zero attached hydrogens (tertiary/aromatic N) is 3. The molecule has 2 atom stereocenters. The lowest BCUT2D eigenvalue weighted by Gasteiger charge is -2.36. The number of carbonyl (C=O) groups excluding carboxylic acids is 1. The van der Waals surface area contributed by atoms with E-state index >= 15 is 0 Å². The van der Waals surface area contributed by atoms with Crippen LogP contribution in [0.1, 0.15) is 36.7 Å². The summed E-state index contributed by atoms with van der Waals surface area (Å²) in [5.74, 6) is -1.82. The highest BCUT2D eigenvalue weighted by atomic mass is 19.4. The summed E-state index contributed by atoms with van der Waals surface area (Å²) in [6.45, 7) is 3.86. The van der Waals surface area contributed by atoms with Crippen LogP contribution >= 0.6 is 0 Å². The molecule has 2 unspecified atom stereocenters. The molecule has 1 aromatic heterocycles. The second-order valence-corrected chi connectivity index (χ2v) is 6.61. The fraction of sp³-hybridized carbons (Fsp3) is 0.688. The maximum absolute atomic E-state index is 12.6. The molecule has 2 rings (SSSR count). The van der Waals surface area contributed by atoms with Gasteiger partial charge < -0.3 is 10.0 Å². The van der Waals surface area contributed by atoms with Gasteiger partial charge in [-0.15, -0.1) is 0 Å². The van der Waals surface area contributed by atoms with Crippen molar-refractivity contribution >= 4 is 11.9 Å². The van der Waals surface area contributed by atoms with Crippen LogP contribution in [0.15, 0.2) is 0 Å². The number of hydrogen-bond donors (Lipinski definition) is 1. The van der Waals surface area contributed by atoms with Gasteiger partial charge >= 0.3 is 12.1 Å². The van der Waals surface area contributed by atoms with Crippen molar-refractivity contribution in [3.8, 4) is 0 Å². The van der Waals surface area contributed by atoms with Crippen LogP contribution in [0.3, 0.4) is 0 Å². The first kappa shape index (κ1) is 19.3. The minimum absolute atomic E-state index is 0.0772. The van der Waals surface area contributed by atoms with Crippen molar-refractivity contribution in [1.29, 1.82) is 0 Å². The number of likely N-dealkylation sites (tertiary alicyclic amines) is 1. The minimum atomic E-state index is -4.39. The number of alkyl halides is 3. The molecular formula is C16H22F3N3O3. The number of aryl methyl sites for hydroxylation is 1. The van der Waals surface area contributed by atoms with E-state index in [1.54, 1.807) is 6.92 Å². The standard InChI is InChI=1S/C16H22F3N3O3/c1-9-4-5-12(15(24)25)7-21(9)14(23)6-13-10(2)20-22(11(13)3)8-16(17,18)19/h9,12H,4-8H2,1-3H3,(H,24,25). The summed E-state index contributed by atoms with van der Waals surface area (Å²) in [5, 5.41) is 13.0. The molecule has 0 saturated carbocycles. The quantitative estimate of drug-likeness (QED) is 0.893. The van der Waals surface area contributed by atoms with E-state index in [4.69, 9.17) is 5.11 Å². The second-order valence-electron chi connectivity index (χ2n) is 6.61. The highest BCUT2D eigenvalue weighted by Gasteiger charge is 2.34. The Kier molecular flexibility index (Phi) is 5.43. The fourth-order valence-corrected chi connectivity index (χ4v) is 3.22. The van der Waals surface area contributed by atoms with Crippen LogP contribution in [0.4, 0.5) is 13.2 Å². The zero-order valence-electron chi connectivity index (χ0n) is 14.4. The van der Waals surface area contributed by atoms with Gasteiger partial charge in [-0.05, 0) is 33.6 Å². The van der Waals surface area contributed by atoms with Crippen LogP contribution < -0.4 is 0 Å². The Morgan fingerprint density at radius 3 is 2.48 bits per heavy atom. The van der Waals surface area contributed by atoms with E-state index in [0.29, 0.717) is 29.8 Å². The predicted molar refractivity (Wildman–Crippen MR) is 83.0 cm³/mol. The van der Waals surface area contributed by atoms with E-state index in [2.05, 4.69) is 5.10 Å². The highest BCUT2D eigenvalue weighted by molar-refractivity contribution is 5.81. The number of carboxylic acids is 1. The SMILES string of the molecule is Cc1nn(CC(F)(F)F)c(C)c1CC(=O)N1CC(C(=O)O)CCC1C. The van der Waals surface area contributed by atoms with Crippen molar-refractivity contribution < 1.29 is 27.9 Å². The Balaban J connectivity index is 2.16. The summed E-state index contributed by atoms with van der Waals surface area (Å²) >= 11 is 0. The number of piperidine rings is 1. The number of hydrogen-bond acceptors (Lipinski definition) is 3. The van der Waals surface area contributed by atoms with Crippen molar-refractivity contribution in [3.63, 3.8) is 0 Å². The third-order valence-electron chi connectivity index (χ3n) is 4.74. The molecule has 1 amide bonds. The zero-order chi connectivity index (χ0) is 18.9. The fourth-order valence-electron chi connectivity index (χ4n) is 3.22. The van der Waals surface area contributed by atoms with Gasteiger partial charge in [-0.25, -0.2) is 0 Å². The number of amides is 1. The zero-order valence-corrected chi connectivity index (χ0v) is 14.4. The first-order chi connectivity index (χ1) is 11.5. The highest BCUT2D eigenvalue weighted by Crippen LogP contribution is 2.25. The van der Waals surface area contributed by atoms with Gasteiger partial charge in [0.1, 0.15) is 6.54 Å². The summed E-state index contributed by atoms with van der Waals surface area (Å²) < 4.78 is 38.6. The molecule has 2 heterocycles. The molecule has 0 spiro atoms. The van der Waals surface area contributed by atoms with Gasteiger partial charge in [0.15, 0.2) is 0 Å². The van der Waals surface area contributed by atoms with Gasteiger partial charge in [-0.3, -0.25) is 14.3 Å². The first-order valence-electron chi connectivity index (χ1n) is 8.11. The molecule has 140 valence electrons. The molecule has 1 saturated heterocycles.